The summed E-state index contributed by atoms with van der Waals surface area (Å²) in [5.41, 5.74) is 2.32. The van der Waals surface area contributed by atoms with E-state index in [0.717, 1.165) is 15.4 Å². The van der Waals surface area contributed by atoms with Crippen molar-refractivity contribution in [2.45, 2.75) is 37.6 Å². The Morgan fingerprint density at radius 1 is 0.946 bits per heavy atom. The molecule has 0 aromatic heterocycles. The number of nitrogens with one attached hydrogen (secondary N) is 1. The van der Waals surface area contributed by atoms with E-state index in [1.54, 1.807) is 24.3 Å². The van der Waals surface area contributed by atoms with Crippen LogP contribution in [0.1, 0.15) is 24.5 Å². The number of sulfonamides is 1. The van der Waals surface area contributed by atoms with Gasteiger partial charge >= 0.3 is 0 Å². The Bertz CT molecular complexity index is 1300. The zero-order valence-electron chi connectivity index (χ0n) is 21.2. The molecule has 0 bridgehead atoms. The summed E-state index contributed by atoms with van der Waals surface area (Å²) >= 11 is 5.97. The third-order valence-corrected chi connectivity index (χ3v) is 8.16. The molecule has 0 aliphatic rings. The quantitative estimate of drug-likeness (QED) is 0.389. The number of aryl methyl sites for hydroxylation is 1. The Balaban J connectivity index is 1.99. The van der Waals surface area contributed by atoms with Gasteiger partial charge in [-0.05, 0) is 61.7 Å². The van der Waals surface area contributed by atoms with Crippen molar-refractivity contribution in [1.29, 1.82) is 0 Å². The number of likely N-dealkylation sites (N-methyl/N-ethyl adjacent to an activating group) is 1. The van der Waals surface area contributed by atoms with Crippen LogP contribution in [0.4, 0.5) is 5.69 Å². The van der Waals surface area contributed by atoms with Gasteiger partial charge < -0.3 is 10.2 Å². The molecule has 0 aliphatic carbocycles. The summed E-state index contributed by atoms with van der Waals surface area (Å²) in [4.78, 5) is 28.0. The predicted octanol–water partition coefficient (Wildman–Crippen LogP) is 4.44. The molecular weight excluding hydrogens is 510 g/mol. The van der Waals surface area contributed by atoms with E-state index in [-0.39, 0.29) is 17.3 Å². The molecule has 0 saturated heterocycles. The lowest BCUT2D eigenvalue weighted by Gasteiger charge is -2.33. The first-order chi connectivity index (χ1) is 17.7. The van der Waals surface area contributed by atoms with Crippen molar-refractivity contribution in [3.8, 4) is 0 Å². The summed E-state index contributed by atoms with van der Waals surface area (Å²) in [6.45, 7) is 3.52. The molecule has 0 heterocycles. The van der Waals surface area contributed by atoms with E-state index in [0.29, 0.717) is 23.6 Å². The number of hydrogen-bond acceptors (Lipinski definition) is 4. The maximum absolute atomic E-state index is 13.8. The standard InChI is InChI=1S/C28H32ClN3O4S/c1-4-26(28(34)30-3)31(19-18-22-8-6-5-7-9-22)27(33)20-32(24-14-10-21(2)11-15-24)37(35,36)25-16-12-23(29)13-17-25/h5-17,26H,4,18-20H2,1-3H3,(H,30,34)/t26-/m1/s1. The van der Waals surface area contributed by atoms with Crippen molar-refractivity contribution >= 4 is 39.1 Å². The fourth-order valence-electron chi connectivity index (χ4n) is 4.04. The number of nitrogens with zero attached hydrogens (tertiary/aromatic N) is 2. The Morgan fingerprint density at radius 2 is 1.57 bits per heavy atom. The van der Waals surface area contributed by atoms with Crippen molar-refractivity contribution in [2.75, 3.05) is 24.4 Å². The van der Waals surface area contributed by atoms with E-state index in [2.05, 4.69) is 5.32 Å². The zero-order chi connectivity index (χ0) is 27.0. The molecule has 196 valence electrons. The average molecular weight is 542 g/mol. The zero-order valence-corrected chi connectivity index (χ0v) is 22.8. The fraction of sp³-hybridized carbons (Fsp3) is 0.286. The third kappa shape index (κ3) is 7.11. The first-order valence-electron chi connectivity index (χ1n) is 12.1. The largest absolute Gasteiger partial charge is 0.357 e. The van der Waals surface area contributed by atoms with Gasteiger partial charge in [0.25, 0.3) is 10.0 Å². The first-order valence-corrected chi connectivity index (χ1v) is 13.9. The van der Waals surface area contributed by atoms with Gasteiger partial charge in [-0.15, -0.1) is 0 Å². The number of amides is 2. The molecule has 0 aliphatic heterocycles. The van der Waals surface area contributed by atoms with E-state index in [9.17, 15) is 18.0 Å². The maximum Gasteiger partial charge on any atom is 0.264 e. The van der Waals surface area contributed by atoms with Crippen LogP contribution >= 0.6 is 11.6 Å². The van der Waals surface area contributed by atoms with Crippen LogP contribution < -0.4 is 9.62 Å². The smallest absolute Gasteiger partial charge is 0.264 e. The van der Waals surface area contributed by atoms with Crippen LogP contribution in [0.2, 0.25) is 5.02 Å². The second-order valence-corrected chi connectivity index (χ2v) is 11.0. The fourth-order valence-corrected chi connectivity index (χ4v) is 5.58. The van der Waals surface area contributed by atoms with Crippen LogP contribution in [0.5, 0.6) is 0 Å². The highest BCUT2D eigenvalue weighted by atomic mass is 35.5. The van der Waals surface area contributed by atoms with E-state index in [1.807, 2.05) is 44.2 Å². The van der Waals surface area contributed by atoms with Crippen LogP contribution in [0.25, 0.3) is 0 Å². The molecule has 2 amide bonds. The van der Waals surface area contributed by atoms with Crippen LogP contribution in [0.3, 0.4) is 0 Å². The first kappa shape index (κ1) is 28.2. The number of carbonyl (C=O) groups is 2. The second kappa shape index (κ2) is 12.7. The van der Waals surface area contributed by atoms with Gasteiger partial charge in [-0.25, -0.2) is 8.42 Å². The van der Waals surface area contributed by atoms with Crippen LogP contribution in [0, 0.1) is 6.92 Å². The van der Waals surface area contributed by atoms with Gasteiger partial charge in [0, 0.05) is 18.6 Å². The second-order valence-electron chi connectivity index (χ2n) is 8.66. The number of carbonyl (C=O) groups excluding carboxylic acids is 2. The molecule has 0 spiro atoms. The van der Waals surface area contributed by atoms with E-state index in [4.69, 9.17) is 11.6 Å². The molecule has 3 rings (SSSR count). The molecule has 3 aromatic carbocycles. The lowest BCUT2D eigenvalue weighted by atomic mass is 10.1. The van der Waals surface area contributed by atoms with Crippen molar-refractivity contribution in [3.63, 3.8) is 0 Å². The molecule has 37 heavy (non-hydrogen) atoms. The van der Waals surface area contributed by atoms with Gasteiger partial charge in [0.2, 0.25) is 11.8 Å². The van der Waals surface area contributed by atoms with Gasteiger partial charge in [-0.3, -0.25) is 13.9 Å². The van der Waals surface area contributed by atoms with Crippen molar-refractivity contribution in [2.24, 2.45) is 0 Å². The van der Waals surface area contributed by atoms with Gasteiger partial charge in [0.15, 0.2) is 0 Å². The van der Waals surface area contributed by atoms with Crippen LogP contribution in [0.15, 0.2) is 83.8 Å². The van der Waals surface area contributed by atoms with Crippen LogP contribution in [-0.2, 0) is 26.0 Å². The number of halogens is 1. The van der Waals surface area contributed by atoms with E-state index in [1.165, 1.54) is 36.2 Å². The highest BCUT2D eigenvalue weighted by Gasteiger charge is 2.33. The summed E-state index contributed by atoms with van der Waals surface area (Å²) < 4.78 is 28.5. The molecular formula is C28H32ClN3O4S. The molecule has 0 fully saturated rings. The minimum Gasteiger partial charge on any atom is -0.357 e. The Labute approximate surface area is 224 Å². The maximum atomic E-state index is 13.8. The molecule has 3 aromatic rings. The van der Waals surface area contributed by atoms with Crippen molar-refractivity contribution in [1.82, 2.24) is 10.2 Å². The van der Waals surface area contributed by atoms with Gasteiger partial charge in [0.1, 0.15) is 12.6 Å². The lowest BCUT2D eigenvalue weighted by Crippen LogP contribution is -2.52. The van der Waals surface area contributed by atoms with Gasteiger partial charge in [-0.2, -0.15) is 0 Å². The number of benzene rings is 3. The summed E-state index contributed by atoms with van der Waals surface area (Å²) in [5, 5.41) is 3.03. The molecule has 0 unspecified atom stereocenters. The van der Waals surface area contributed by atoms with Crippen molar-refractivity contribution in [3.05, 3.63) is 95.0 Å². The summed E-state index contributed by atoms with van der Waals surface area (Å²) in [6, 6.07) is 21.6. The Hall–Kier alpha value is -3.36. The predicted molar refractivity (Wildman–Crippen MR) is 147 cm³/mol. The normalized spacial score (nSPS) is 12.0. The number of rotatable bonds is 11. The molecule has 0 radical (unpaired) electrons. The van der Waals surface area contributed by atoms with Gasteiger partial charge in [-0.1, -0.05) is 66.6 Å². The highest BCUT2D eigenvalue weighted by molar-refractivity contribution is 7.92. The third-order valence-electron chi connectivity index (χ3n) is 6.12. The number of hydrogen-bond donors (Lipinski definition) is 1. The Kier molecular flexibility index (Phi) is 9.72. The minimum atomic E-state index is -4.11. The summed E-state index contributed by atoms with van der Waals surface area (Å²) in [7, 11) is -2.59. The van der Waals surface area contributed by atoms with Crippen molar-refractivity contribution < 1.29 is 18.0 Å². The topological polar surface area (TPSA) is 86.8 Å². The Morgan fingerprint density at radius 3 is 2.14 bits per heavy atom. The minimum absolute atomic E-state index is 0.0134. The molecule has 1 N–H and O–H groups in total. The average Bonchev–Trinajstić information content (AvgIpc) is 2.90. The highest BCUT2D eigenvalue weighted by Crippen LogP contribution is 2.26. The SMILES string of the molecule is CC[C@H](C(=O)NC)N(CCc1ccccc1)C(=O)CN(c1ccc(C)cc1)S(=O)(=O)c1ccc(Cl)cc1. The molecule has 9 heteroatoms. The molecule has 1 atom stereocenters. The number of anilines is 1. The summed E-state index contributed by atoms with van der Waals surface area (Å²) in [5.74, 6) is -0.768. The van der Waals surface area contributed by atoms with E-state index < -0.39 is 28.5 Å². The lowest BCUT2D eigenvalue weighted by molar-refractivity contribution is -0.139. The van der Waals surface area contributed by atoms with Crippen LogP contribution in [-0.4, -0.2) is 51.3 Å². The monoisotopic (exact) mass is 541 g/mol. The molecule has 0 saturated carbocycles. The summed E-state index contributed by atoms with van der Waals surface area (Å²) in [6.07, 6.45) is 0.906. The van der Waals surface area contributed by atoms with Gasteiger partial charge in [0.05, 0.1) is 10.6 Å². The van der Waals surface area contributed by atoms with E-state index >= 15 is 0 Å². The molecule has 7 nitrogen and oxygen atoms in total.